The number of aromatic nitrogens is 6. The quantitative estimate of drug-likeness (QED) is 0.0854. The van der Waals surface area contributed by atoms with Gasteiger partial charge in [-0.25, -0.2) is 0 Å². The Balaban J connectivity index is 0.861. The number of ether oxygens (including phenoxy) is 6. The molecule has 0 saturated heterocycles. The molecular formula is C108H36N6O12. The third-order valence-corrected chi connectivity index (χ3v) is 44.6. The lowest BCUT2D eigenvalue weighted by Gasteiger charge is -2.37. The van der Waals surface area contributed by atoms with Crippen molar-refractivity contribution in [1.29, 1.82) is 0 Å². The zero-order chi connectivity index (χ0) is 80.3. The first-order valence-electron chi connectivity index (χ1n) is 44.3. The molecule has 47 rings (SSSR count). The van der Waals surface area contributed by atoms with Crippen molar-refractivity contribution in [2.45, 2.75) is 81.2 Å². The lowest BCUT2D eigenvalue weighted by Crippen LogP contribution is -2.38. The standard InChI is InChI=1S/C108H36N6O12/c1-121-85(115)106(86(116)122-2)100-67-35-36-56-32-34-58-38-37-57-33-31(55(35)94(56)91(95(57,58)94)25-13-7-19-109-79(25)80-26(91)14-8-20-110-80)59-39(67)43-63-47-49-65-45-41(61(33)96(59)92(98(63,65)96)27-15-9-21-111-81(27)82-28(92)16-10-22-112-82)69(37)102-73(45)53-54-74-46-42(70(38)103(74,102)107(102,87(117)123-3)88(118)124-4)62(34)97-60(32)40-44-64-48-50(66(46)99(64,97)93(97)29-17-11-23-113-83(29)84-30(93)18-12-24-114-84)78(54)105(77(49)53)104(108(105,89(119)125-5)90(120)126-6)75(47)51(71(43)100)52(76(48)104)72(44)101(100,106)68(36)40/h7-24H,1-6H3. The summed E-state index contributed by atoms with van der Waals surface area (Å²) < 4.78 is 41.2. The molecule has 0 radical (unpaired) electrons. The minimum absolute atomic E-state index is 0.668. The monoisotopic (exact) mass is 1610 g/mol. The van der Waals surface area contributed by atoms with Crippen LogP contribution in [0.2, 0.25) is 0 Å². The van der Waals surface area contributed by atoms with Gasteiger partial charge in [0.2, 0.25) is 0 Å². The summed E-state index contributed by atoms with van der Waals surface area (Å²) in [5.41, 5.74) is 32.9. The third-order valence-electron chi connectivity index (χ3n) is 44.6. The van der Waals surface area contributed by atoms with Crippen LogP contribution in [0.1, 0.15) is 167 Å². The second kappa shape index (κ2) is 12.8. The van der Waals surface area contributed by atoms with E-state index in [1.165, 1.54) is 109 Å². The van der Waals surface area contributed by atoms with Gasteiger partial charge in [0.05, 0.1) is 158 Å². The normalized spacial score (nSPS) is 34.4. The fourth-order valence-corrected chi connectivity index (χ4v) is 46.1. The number of pyridine rings is 6. The molecule has 6 aromatic heterocycles. The van der Waals surface area contributed by atoms with Crippen LogP contribution in [-0.4, -0.2) is 108 Å². The zero-order valence-corrected chi connectivity index (χ0v) is 66.0. The Hall–Kier alpha value is -14.5. The Morgan fingerprint density at radius 2 is 0.286 bits per heavy atom. The molecule has 6 saturated carbocycles. The molecule has 4 atom stereocenters. The number of esters is 6. The van der Waals surface area contributed by atoms with Crippen molar-refractivity contribution in [3.05, 3.63) is 277 Å². The van der Waals surface area contributed by atoms with E-state index >= 15 is 28.8 Å². The number of nitrogens with zero attached hydrogens (tertiary/aromatic N) is 6. The Morgan fingerprint density at radius 3 is 0.397 bits per heavy atom. The number of methoxy groups -OCH3 is 6. The SMILES string of the molecule is COC(=O)C1(C(=O)OC)C23c4c5c6c7c8c4-c4c9c%10c%11c%12c4C84C8(c%13cccnc%13-c%13ncccc%138)C48c4c-7c7c%13c%14c4-c4c8c-%12c8c%12c4C4%15c%16c-%12c%12c%17c%18c%16-c%16c%19c%20c(c-%13c%16C%144C%154c%13cccnc%13-c%13ncccc%134)C4(c%13c-5c2c2c(c%13-%20)C5(c%13c-2c(c-%10c(c%13-%17)C%122C(C(=O)OC)(C(=O)OC)C%1182)C913)C1(c2cccnc2-c2ncccc21)C%19%185)C(C(=O)OC)(C(=O)OC)C674. The van der Waals surface area contributed by atoms with E-state index in [0.717, 1.165) is 268 Å². The number of carbonyl (C=O) groups is 6. The van der Waals surface area contributed by atoms with E-state index in [1.54, 1.807) is 0 Å². The maximum atomic E-state index is 18.4. The predicted molar refractivity (Wildman–Crippen MR) is 433 cm³/mol. The highest BCUT2D eigenvalue weighted by Crippen LogP contribution is 3.17. The molecule has 570 valence electrons. The summed E-state index contributed by atoms with van der Waals surface area (Å²) in [5.74, 6) is -4.12. The van der Waals surface area contributed by atoms with Crippen molar-refractivity contribution >= 4 is 35.8 Å². The number of benzene rings is 8. The molecule has 14 aromatic rings. The average molecular weight is 1610 g/mol. The van der Waals surface area contributed by atoms with Crippen molar-refractivity contribution in [2.75, 3.05) is 42.7 Å². The Morgan fingerprint density at radius 1 is 0.175 bits per heavy atom. The molecule has 0 N–H and O–H groups in total. The van der Waals surface area contributed by atoms with E-state index in [1.807, 2.05) is 37.2 Å². The Kier molecular flexibility index (Phi) is 5.65. The van der Waals surface area contributed by atoms with E-state index in [9.17, 15) is 0 Å². The molecule has 0 bridgehead atoms. The van der Waals surface area contributed by atoms with E-state index in [4.69, 9.17) is 58.3 Å². The lowest BCUT2D eigenvalue weighted by atomic mass is 9.63. The third kappa shape index (κ3) is 2.77. The first kappa shape index (κ1) is 55.6. The number of hydrogen-bond donors (Lipinski definition) is 0. The van der Waals surface area contributed by atoms with Crippen LogP contribution in [0, 0.1) is 16.2 Å². The molecule has 126 heavy (non-hydrogen) atoms. The molecular weight excluding hydrogens is 1570 g/mol. The summed E-state index contributed by atoms with van der Waals surface area (Å²) in [6.45, 7) is 0. The van der Waals surface area contributed by atoms with Crippen LogP contribution in [0.5, 0.6) is 0 Å². The highest BCUT2D eigenvalue weighted by atomic mass is 16.6. The number of hydrogen-bond acceptors (Lipinski definition) is 18. The van der Waals surface area contributed by atoms with Gasteiger partial charge in [-0.3, -0.25) is 58.7 Å². The average Bonchev–Trinajstić information content (AvgIpc) is 1.30. The van der Waals surface area contributed by atoms with Crippen molar-refractivity contribution in [2.24, 2.45) is 16.2 Å². The number of rotatable bonds is 6. The molecule has 33 aliphatic rings. The van der Waals surface area contributed by atoms with Crippen molar-refractivity contribution < 1.29 is 57.2 Å². The molecule has 18 nitrogen and oxygen atoms in total. The fourth-order valence-electron chi connectivity index (χ4n) is 46.1. The zero-order valence-electron chi connectivity index (χ0n) is 66.0. The minimum atomic E-state index is -2.28. The van der Waals surface area contributed by atoms with Crippen molar-refractivity contribution in [1.82, 2.24) is 29.9 Å². The van der Waals surface area contributed by atoms with Crippen molar-refractivity contribution in [3.63, 3.8) is 0 Å². The second-order valence-corrected chi connectivity index (χ2v) is 42.8. The van der Waals surface area contributed by atoms with Gasteiger partial charge in [0.15, 0.2) is 16.2 Å². The topological polar surface area (TPSA) is 235 Å². The molecule has 0 aliphatic heterocycles. The van der Waals surface area contributed by atoms with E-state index in [0.29, 0.717) is 0 Å². The fraction of sp³-hybridized carbons (Fsp3) is 0.222. The summed E-state index contributed by atoms with van der Waals surface area (Å²) in [4.78, 5) is 144. The maximum absolute atomic E-state index is 18.4. The van der Waals surface area contributed by atoms with E-state index in [2.05, 4.69) is 72.8 Å². The van der Waals surface area contributed by atoms with Crippen molar-refractivity contribution in [3.8, 4) is 168 Å². The van der Waals surface area contributed by atoms with Gasteiger partial charge in [-0.2, -0.15) is 0 Å². The number of carbonyl (C=O) groups excluding carboxylic acids is 6. The Labute approximate surface area is 703 Å². The molecule has 15 spiro atoms. The van der Waals surface area contributed by atoms with Crippen LogP contribution in [0.25, 0.3) is 168 Å². The van der Waals surface area contributed by atoms with Crippen LogP contribution in [0.15, 0.2) is 110 Å². The summed E-state index contributed by atoms with van der Waals surface area (Å²) in [7, 11) is 8.82. The molecule has 6 heterocycles. The molecule has 6 fully saturated rings. The van der Waals surface area contributed by atoms with Gasteiger partial charge in [-0.15, -0.1) is 0 Å². The molecule has 4 unspecified atom stereocenters. The highest BCUT2D eigenvalue weighted by Gasteiger charge is 3.17. The molecule has 33 aliphatic carbocycles. The van der Waals surface area contributed by atoms with E-state index < -0.39 is 133 Å². The smallest absolute Gasteiger partial charge is 0.325 e. The summed E-state index contributed by atoms with van der Waals surface area (Å²) in [6.07, 6.45) is 11.6. The lowest BCUT2D eigenvalue weighted by molar-refractivity contribution is -0.164. The van der Waals surface area contributed by atoms with Gasteiger partial charge >= 0.3 is 35.8 Å². The van der Waals surface area contributed by atoms with Gasteiger partial charge in [-0.05, 0) is 337 Å². The van der Waals surface area contributed by atoms with Gasteiger partial charge in [0, 0.05) is 37.2 Å². The van der Waals surface area contributed by atoms with Gasteiger partial charge < -0.3 is 28.4 Å². The van der Waals surface area contributed by atoms with Gasteiger partial charge in [-0.1, -0.05) is 36.4 Å². The molecule has 18 heteroatoms. The van der Waals surface area contributed by atoms with Gasteiger partial charge in [0.1, 0.15) is 0 Å². The van der Waals surface area contributed by atoms with Gasteiger partial charge in [0.25, 0.3) is 0 Å². The van der Waals surface area contributed by atoms with Crippen LogP contribution in [-0.2, 0) is 138 Å². The van der Waals surface area contributed by atoms with Crippen LogP contribution < -0.4 is 0 Å². The first-order valence-corrected chi connectivity index (χ1v) is 44.3. The summed E-state index contributed by atoms with van der Waals surface area (Å²) in [5, 5.41) is 0. The number of fused-ring (bicyclic) bond motifs is 15. The van der Waals surface area contributed by atoms with Crippen LogP contribution >= 0.6 is 0 Å². The minimum Gasteiger partial charge on any atom is -0.468 e. The summed E-state index contributed by atoms with van der Waals surface area (Å²) in [6, 6.07) is 27.1. The first-order chi connectivity index (χ1) is 61.9. The summed E-state index contributed by atoms with van der Waals surface area (Å²) >= 11 is 0. The molecule has 8 aromatic carbocycles. The van der Waals surface area contributed by atoms with Crippen LogP contribution in [0.3, 0.4) is 0 Å². The second-order valence-electron chi connectivity index (χ2n) is 42.8. The predicted octanol–water partition coefficient (Wildman–Crippen LogP) is 11.9. The largest absolute Gasteiger partial charge is 0.468 e. The Bertz CT molecular complexity index is 8740. The van der Waals surface area contributed by atoms with E-state index in [-0.39, 0.29) is 0 Å². The van der Waals surface area contributed by atoms with Crippen LogP contribution in [0.4, 0.5) is 0 Å². The molecule has 0 amide bonds. The maximum Gasteiger partial charge on any atom is 0.325 e. The highest BCUT2D eigenvalue weighted by molar-refractivity contribution is 6.45.